The molecule has 0 aliphatic rings. The fraction of sp³-hybridized carbons (Fsp3) is 0.188. The van der Waals surface area contributed by atoms with Gasteiger partial charge in [-0.25, -0.2) is 4.98 Å². The largest absolute Gasteiger partial charge is 0.302 e. The first-order valence-corrected chi connectivity index (χ1v) is 6.40. The number of aromatic nitrogens is 1. The number of aldehydes is 1. The van der Waals surface area contributed by atoms with E-state index in [9.17, 15) is 9.59 Å². The Bertz CT molecular complexity index is 570. The van der Waals surface area contributed by atoms with Gasteiger partial charge in [-0.1, -0.05) is 36.4 Å². The van der Waals surface area contributed by atoms with Crippen molar-refractivity contribution in [3.05, 3.63) is 60.3 Å². The Morgan fingerprint density at radius 2 is 1.90 bits per heavy atom. The summed E-state index contributed by atoms with van der Waals surface area (Å²) in [5.74, 6) is -0.399. The fourth-order valence-corrected chi connectivity index (χ4v) is 1.98. The number of benzene rings is 1. The van der Waals surface area contributed by atoms with Crippen LogP contribution in [0.3, 0.4) is 0 Å². The van der Waals surface area contributed by atoms with Gasteiger partial charge in [0.1, 0.15) is 12.1 Å². The molecule has 0 saturated carbocycles. The minimum atomic E-state index is -0.690. The molecule has 2 rings (SSSR count). The normalized spacial score (nSPS) is 11.7. The van der Waals surface area contributed by atoms with E-state index in [-0.39, 0.29) is 5.91 Å². The van der Waals surface area contributed by atoms with E-state index in [1.165, 1.54) is 4.90 Å². The van der Waals surface area contributed by atoms with Crippen molar-refractivity contribution in [2.24, 2.45) is 5.92 Å². The van der Waals surface area contributed by atoms with E-state index in [4.69, 9.17) is 0 Å². The number of pyridine rings is 1. The molecule has 1 unspecified atom stereocenters. The Morgan fingerprint density at radius 1 is 1.20 bits per heavy atom. The molecule has 1 amide bonds. The highest BCUT2D eigenvalue weighted by molar-refractivity contribution is 6.01. The second-order valence-electron chi connectivity index (χ2n) is 4.52. The van der Waals surface area contributed by atoms with Crippen LogP contribution >= 0.6 is 0 Å². The summed E-state index contributed by atoms with van der Waals surface area (Å²) in [6, 6.07) is 14.8. The molecular formula is C16H16N2O2. The Labute approximate surface area is 118 Å². The topological polar surface area (TPSA) is 50.3 Å². The molecule has 2 aromatic rings. The third kappa shape index (κ3) is 3.29. The number of hydrogen-bond donors (Lipinski definition) is 0. The smallest absolute Gasteiger partial charge is 0.238 e. The van der Waals surface area contributed by atoms with Gasteiger partial charge >= 0.3 is 0 Å². The summed E-state index contributed by atoms with van der Waals surface area (Å²) >= 11 is 0. The second-order valence-corrected chi connectivity index (χ2v) is 4.52. The van der Waals surface area contributed by atoms with Crippen LogP contribution in [-0.2, 0) is 16.0 Å². The second kappa shape index (κ2) is 6.61. The molecule has 4 nitrogen and oxygen atoms in total. The Morgan fingerprint density at radius 3 is 2.50 bits per heavy atom. The van der Waals surface area contributed by atoms with Crippen LogP contribution in [0.25, 0.3) is 0 Å². The quantitative estimate of drug-likeness (QED) is 0.616. The molecule has 102 valence electrons. The minimum absolute atomic E-state index is 0.248. The summed E-state index contributed by atoms with van der Waals surface area (Å²) < 4.78 is 0. The van der Waals surface area contributed by atoms with Gasteiger partial charge in [-0.15, -0.1) is 0 Å². The lowest BCUT2D eigenvalue weighted by Crippen LogP contribution is -2.35. The van der Waals surface area contributed by atoms with E-state index >= 15 is 0 Å². The summed E-state index contributed by atoms with van der Waals surface area (Å²) in [7, 11) is 1.63. The maximum atomic E-state index is 12.3. The van der Waals surface area contributed by atoms with Gasteiger partial charge in [0.05, 0.1) is 5.92 Å². The summed E-state index contributed by atoms with van der Waals surface area (Å²) in [6.07, 6.45) is 2.72. The molecule has 1 aromatic carbocycles. The third-order valence-electron chi connectivity index (χ3n) is 3.10. The predicted octanol–water partition coefficient (Wildman–Crippen LogP) is 2.10. The first-order chi connectivity index (χ1) is 9.72. The lowest BCUT2D eigenvalue weighted by molar-refractivity contribution is -0.126. The minimum Gasteiger partial charge on any atom is -0.302 e. The van der Waals surface area contributed by atoms with Gasteiger partial charge in [-0.05, 0) is 24.1 Å². The van der Waals surface area contributed by atoms with Crippen molar-refractivity contribution in [3.8, 4) is 0 Å². The van der Waals surface area contributed by atoms with Gasteiger partial charge in [0.2, 0.25) is 5.91 Å². The number of rotatable bonds is 5. The fourth-order valence-electron chi connectivity index (χ4n) is 1.98. The third-order valence-corrected chi connectivity index (χ3v) is 3.10. The van der Waals surface area contributed by atoms with Crippen molar-refractivity contribution in [1.82, 2.24) is 4.98 Å². The van der Waals surface area contributed by atoms with Crippen molar-refractivity contribution in [2.45, 2.75) is 6.42 Å². The average Bonchev–Trinajstić information content (AvgIpc) is 2.53. The van der Waals surface area contributed by atoms with Crippen LogP contribution in [0.4, 0.5) is 5.82 Å². The van der Waals surface area contributed by atoms with Crippen molar-refractivity contribution < 1.29 is 9.59 Å². The maximum absolute atomic E-state index is 12.3. The standard InChI is InChI=1S/C16H16N2O2/c1-18(15-9-5-6-10-17-15)16(20)14(12-19)11-13-7-3-2-4-8-13/h2-10,12,14H,11H2,1H3. The molecule has 0 aliphatic carbocycles. The van der Waals surface area contributed by atoms with Crippen LogP contribution in [-0.4, -0.2) is 24.2 Å². The zero-order chi connectivity index (χ0) is 14.4. The SMILES string of the molecule is CN(C(=O)C(C=O)Cc1ccccc1)c1ccccn1. The van der Waals surface area contributed by atoms with Gasteiger partial charge in [0.25, 0.3) is 0 Å². The maximum Gasteiger partial charge on any atom is 0.238 e. The van der Waals surface area contributed by atoms with Gasteiger partial charge in [0.15, 0.2) is 0 Å². The van der Waals surface area contributed by atoms with E-state index in [1.54, 1.807) is 31.4 Å². The van der Waals surface area contributed by atoms with E-state index in [2.05, 4.69) is 4.98 Å². The molecule has 0 fully saturated rings. The van der Waals surface area contributed by atoms with E-state index in [0.29, 0.717) is 18.5 Å². The van der Waals surface area contributed by atoms with Crippen LogP contribution < -0.4 is 4.90 Å². The number of hydrogen-bond acceptors (Lipinski definition) is 3. The van der Waals surface area contributed by atoms with Crippen LogP contribution in [0.2, 0.25) is 0 Å². The summed E-state index contributed by atoms with van der Waals surface area (Å²) in [4.78, 5) is 29.1. The lowest BCUT2D eigenvalue weighted by Gasteiger charge is -2.19. The van der Waals surface area contributed by atoms with Gasteiger partial charge < -0.3 is 4.79 Å². The number of carbonyl (C=O) groups excluding carboxylic acids is 2. The Hall–Kier alpha value is -2.49. The van der Waals surface area contributed by atoms with Crippen LogP contribution in [0.15, 0.2) is 54.7 Å². The van der Waals surface area contributed by atoms with Crippen molar-refractivity contribution in [1.29, 1.82) is 0 Å². The summed E-state index contributed by atoms with van der Waals surface area (Å²) in [5.41, 5.74) is 0.965. The van der Waals surface area contributed by atoms with Gasteiger partial charge in [0, 0.05) is 13.2 Å². The van der Waals surface area contributed by atoms with Crippen molar-refractivity contribution >= 4 is 18.0 Å². The van der Waals surface area contributed by atoms with E-state index in [0.717, 1.165) is 5.56 Å². The molecule has 0 aliphatic heterocycles. The highest BCUT2D eigenvalue weighted by atomic mass is 16.2. The molecule has 4 heteroatoms. The summed E-state index contributed by atoms with van der Waals surface area (Å²) in [5, 5.41) is 0. The molecule has 0 N–H and O–H groups in total. The van der Waals surface area contributed by atoms with Gasteiger partial charge in [-0.2, -0.15) is 0 Å². The summed E-state index contributed by atoms with van der Waals surface area (Å²) in [6.45, 7) is 0. The van der Waals surface area contributed by atoms with Gasteiger partial charge in [-0.3, -0.25) is 9.69 Å². The van der Waals surface area contributed by atoms with E-state index in [1.807, 2.05) is 30.3 Å². The Kier molecular flexibility index (Phi) is 4.60. The van der Waals surface area contributed by atoms with Crippen LogP contribution in [0.5, 0.6) is 0 Å². The molecule has 0 bridgehead atoms. The number of anilines is 1. The first kappa shape index (κ1) is 13.9. The molecule has 20 heavy (non-hydrogen) atoms. The van der Waals surface area contributed by atoms with E-state index < -0.39 is 5.92 Å². The molecular weight excluding hydrogens is 252 g/mol. The molecule has 0 spiro atoms. The zero-order valence-corrected chi connectivity index (χ0v) is 11.3. The van der Waals surface area contributed by atoms with Crippen molar-refractivity contribution in [3.63, 3.8) is 0 Å². The zero-order valence-electron chi connectivity index (χ0n) is 11.3. The molecule has 0 radical (unpaired) electrons. The number of carbonyl (C=O) groups is 2. The molecule has 1 aromatic heterocycles. The highest BCUT2D eigenvalue weighted by Gasteiger charge is 2.23. The predicted molar refractivity (Wildman–Crippen MR) is 77.3 cm³/mol. The molecule has 0 saturated heterocycles. The average molecular weight is 268 g/mol. The number of nitrogens with zero attached hydrogens (tertiary/aromatic N) is 2. The highest BCUT2D eigenvalue weighted by Crippen LogP contribution is 2.14. The monoisotopic (exact) mass is 268 g/mol. The van der Waals surface area contributed by atoms with Crippen LogP contribution in [0, 0.1) is 5.92 Å². The first-order valence-electron chi connectivity index (χ1n) is 6.40. The lowest BCUT2D eigenvalue weighted by atomic mass is 9.99. The van der Waals surface area contributed by atoms with Crippen molar-refractivity contribution in [2.75, 3.05) is 11.9 Å². The molecule has 1 atom stereocenters. The molecule has 1 heterocycles. The van der Waals surface area contributed by atoms with Crippen LogP contribution in [0.1, 0.15) is 5.56 Å². The number of amides is 1. The Balaban J connectivity index is 2.11.